The van der Waals surface area contributed by atoms with Crippen LogP contribution in [-0.4, -0.2) is 14.1 Å². The number of hydrogen-bond donors (Lipinski definition) is 0. The van der Waals surface area contributed by atoms with E-state index < -0.39 is 0 Å². The molecule has 80 heavy (non-hydrogen) atoms. The summed E-state index contributed by atoms with van der Waals surface area (Å²) in [5, 5.41) is 4.84. The summed E-state index contributed by atoms with van der Waals surface area (Å²) in [5.74, 6) is 0. The van der Waals surface area contributed by atoms with Crippen LogP contribution in [0, 0.1) is 0 Å². The zero-order valence-corrected chi connectivity index (χ0v) is 43.8. The maximum Gasteiger partial charge on any atom is 0.0716 e. The van der Waals surface area contributed by atoms with E-state index in [0.29, 0.717) is 0 Å². The van der Waals surface area contributed by atoms with E-state index in [2.05, 4.69) is 319 Å². The van der Waals surface area contributed by atoms with Gasteiger partial charge in [0.05, 0.1) is 33.5 Å². The molecule has 0 spiro atoms. The van der Waals surface area contributed by atoms with Gasteiger partial charge in [0.2, 0.25) is 0 Å². The number of nitrogens with zero attached hydrogens (tertiary/aromatic N) is 3. The van der Waals surface area contributed by atoms with Gasteiger partial charge in [-0.25, -0.2) is 4.98 Å². The molecule has 0 unspecified atom stereocenters. The lowest BCUT2D eigenvalue weighted by molar-refractivity contribution is 1.17. The van der Waals surface area contributed by atoms with Crippen molar-refractivity contribution in [3.05, 3.63) is 309 Å². The molecule has 12 aromatic carbocycles. The number of fused-ring (bicyclic) bond motifs is 6. The summed E-state index contributed by atoms with van der Waals surface area (Å²) in [6, 6.07) is 112. The Balaban J connectivity index is 0.890. The Hall–Kier alpha value is -10.6. The van der Waals surface area contributed by atoms with Gasteiger partial charge in [0, 0.05) is 44.0 Å². The SMILES string of the molecule is c1ccc(-c2ccc(-c3cc(-c4cccc(-n5c6ccc(-c7ccccc7)cc6c6cc(-c7ccccc7)ccc65)c4)nc(-c4cccc(-n5c6ccc(-c7ccccc7)cc6c6cc(-c7ccccc7)ccc65)c4)c3)cc2)cc1. The molecule has 0 saturated heterocycles. The molecule has 0 N–H and O–H groups in total. The second kappa shape index (κ2) is 19.8. The van der Waals surface area contributed by atoms with Crippen LogP contribution in [0.2, 0.25) is 0 Å². The monoisotopic (exact) mass is 1020 g/mol. The van der Waals surface area contributed by atoms with Crippen LogP contribution in [0.3, 0.4) is 0 Å². The van der Waals surface area contributed by atoms with Crippen LogP contribution < -0.4 is 0 Å². The van der Waals surface area contributed by atoms with Gasteiger partial charge >= 0.3 is 0 Å². The molecule has 0 amide bonds. The summed E-state index contributed by atoms with van der Waals surface area (Å²) >= 11 is 0. The van der Waals surface area contributed by atoms with Gasteiger partial charge < -0.3 is 9.13 Å². The van der Waals surface area contributed by atoms with Gasteiger partial charge in [0.25, 0.3) is 0 Å². The van der Waals surface area contributed by atoms with Gasteiger partial charge in [-0.3, -0.25) is 0 Å². The standard InChI is InChI=1S/C77H51N3/c1-6-18-52(19-7-1)57-32-34-58(35-33-57)65-50-72(63-28-16-30-66(44-63)79-74-40-36-59(53-20-8-2-9-21-53)46-68(74)69-47-60(37-41-75(69)79)54-22-10-3-11-23-54)78-73(51-65)64-29-17-31-67(45-64)80-76-42-38-61(55-24-12-4-13-25-55)48-70(76)71-49-62(39-43-77(71)80)56-26-14-5-15-27-56/h1-51H. The van der Waals surface area contributed by atoms with E-state index in [-0.39, 0.29) is 0 Å². The van der Waals surface area contributed by atoms with E-state index in [1.54, 1.807) is 0 Å². The third-order valence-corrected chi connectivity index (χ3v) is 15.9. The summed E-state index contributed by atoms with van der Waals surface area (Å²) < 4.78 is 4.84. The lowest BCUT2D eigenvalue weighted by atomic mass is 9.97. The van der Waals surface area contributed by atoms with Crippen molar-refractivity contribution in [2.75, 3.05) is 0 Å². The van der Waals surface area contributed by atoms with Crippen molar-refractivity contribution < 1.29 is 0 Å². The van der Waals surface area contributed by atoms with Crippen LogP contribution in [0.4, 0.5) is 0 Å². The highest BCUT2D eigenvalue weighted by atomic mass is 15.0. The predicted octanol–water partition coefficient (Wildman–Crippen LogP) is 20.6. The average Bonchev–Trinajstić information content (AvgIpc) is 4.24. The Kier molecular flexibility index (Phi) is 11.5. The molecule has 3 aromatic heterocycles. The van der Waals surface area contributed by atoms with Gasteiger partial charge in [-0.05, 0) is 152 Å². The van der Waals surface area contributed by atoms with E-state index in [0.717, 1.165) is 67.1 Å². The number of aromatic nitrogens is 3. The highest BCUT2D eigenvalue weighted by Crippen LogP contribution is 2.41. The van der Waals surface area contributed by atoms with Gasteiger partial charge in [0.15, 0.2) is 0 Å². The highest BCUT2D eigenvalue weighted by Gasteiger charge is 2.19. The second-order valence-electron chi connectivity index (χ2n) is 20.7. The third-order valence-electron chi connectivity index (χ3n) is 15.9. The number of pyridine rings is 1. The minimum absolute atomic E-state index is 0.897. The maximum atomic E-state index is 5.62. The second-order valence-corrected chi connectivity index (χ2v) is 20.7. The van der Waals surface area contributed by atoms with E-state index in [1.165, 1.54) is 77.2 Å². The Morgan fingerprint density at radius 2 is 0.425 bits per heavy atom. The summed E-state index contributed by atoms with van der Waals surface area (Å²) in [7, 11) is 0. The summed E-state index contributed by atoms with van der Waals surface area (Å²) in [5.41, 5.74) is 24.8. The van der Waals surface area contributed by atoms with Crippen LogP contribution >= 0.6 is 0 Å². The number of hydrogen-bond acceptors (Lipinski definition) is 1. The number of benzene rings is 12. The molecule has 3 heteroatoms. The molecule has 3 heterocycles. The fourth-order valence-electron chi connectivity index (χ4n) is 11.9. The third kappa shape index (κ3) is 8.46. The highest BCUT2D eigenvalue weighted by molar-refractivity contribution is 6.13. The van der Waals surface area contributed by atoms with Crippen molar-refractivity contribution in [1.82, 2.24) is 14.1 Å². The Morgan fingerprint density at radius 3 is 0.738 bits per heavy atom. The smallest absolute Gasteiger partial charge is 0.0716 e. The molecule has 0 aliphatic carbocycles. The first-order valence-electron chi connectivity index (χ1n) is 27.4. The topological polar surface area (TPSA) is 22.8 Å². The minimum Gasteiger partial charge on any atom is -0.309 e. The maximum absolute atomic E-state index is 5.62. The molecule has 0 aliphatic heterocycles. The van der Waals surface area contributed by atoms with Gasteiger partial charge in [-0.1, -0.05) is 224 Å². The molecule has 15 aromatic rings. The van der Waals surface area contributed by atoms with Crippen LogP contribution in [0.25, 0.3) is 144 Å². The number of rotatable bonds is 10. The van der Waals surface area contributed by atoms with E-state index in [1.807, 2.05) is 0 Å². The molecular weight excluding hydrogens is 967 g/mol. The largest absolute Gasteiger partial charge is 0.309 e. The Morgan fingerprint density at radius 1 is 0.175 bits per heavy atom. The molecular formula is C77H51N3. The average molecular weight is 1020 g/mol. The van der Waals surface area contributed by atoms with Crippen LogP contribution in [0.5, 0.6) is 0 Å². The molecule has 3 nitrogen and oxygen atoms in total. The van der Waals surface area contributed by atoms with Crippen molar-refractivity contribution in [1.29, 1.82) is 0 Å². The first-order chi connectivity index (χ1) is 39.6. The van der Waals surface area contributed by atoms with Crippen molar-refractivity contribution >= 4 is 43.6 Å². The van der Waals surface area contributed by atoms with Gasteiger partial charge in [-0.2, -0.15) is 0 Å². The molecule has 0 atom stereocenters. The van der Waals surface area contributed by atoms with E-state index >= 15 is 0 Å². The Labute approximate surface area is 465 Å². The van der Waals surface area contributed by atoms with Crippen LogP contribution in [-0.2, 0) is 0 Å². The summed E-state index contributed by atoms with van der Waals surface area (Å²) in [6.45, 7) is 0. The Bertz CT molecular complexity index is 4310. The fourth-order valence-corrected chi connectivity index (χ4v) is 11.9. The summed E-state index contributed by atoms with van der Waals surface area (Å²) in [4.78, 5) is 5.62. The van der Waals surface area contributed by atoms with Crippen molar-refractivity contribution in [3.8, 4) is 101 Å². The molecule has 15 rings (SSSR count). The minimum atomic E-state index is 0.897. The van der Waals surface area contributed by atoms with Gasteiger partial charge in [-0.15, -0.1) is 0 Å². The molecule has 374 valence electrons. The molecule has 0 bridgehead atoms. The molecule has 0 saturated carbocycles. The zero-order valence-electron chi connectivity index (χ0n) is 43.8. The van der Waals surface area contributed by atoms with E-state index in [9.17, 15) is 0 Å². The fraction of sp³-hybridized carbons (Fsp3) is 0. The van der Waals surface area contributed by atoms with E-state index in [4.69, 9.17) is 4.98 Å². The zero-order chi connectivity index (χ0) is 52.9. The molecule has 0 aliphatic rings. The predicted molar refractivity (Wildman–Crippen MR) is 336 cm³/mol. The van der Waals surface area contributed by atoms with Crippen molar-refractivity contribution in [3.63, 3.8) is 0 Å². The van der Waals surface area contributed by atoms with Crippen LogP contribution in [0.1, 0.15) is 0 Å². The lowest BCUT2D eigenvalue weighted by Gasteiger charge is -2.14. The molecule has 0 radical (unpaired) electrons. The quantitative estimate of drug-likeness (QED) is 0.134. The van der Waals surface area contributed by atoms with Crippen molar-refractivity contribution in [2.45, 2.75) is 0 Å². The summed E-state index contributed by atoms with van der Waals surface area (Å²) in [6.07, 6.45) is 0. The first-order valence-corrected chi connectivity index (χ1v) is 27.4. The normalized spacial score (nSPS) is 11.5. The molecule has 0 fully saturated rings. The first kappa shape index (κ1) is 46.7. The van der Waals surface area contributed by atoms with Crippen LogP contribution in [0.15, 0.2) is 309 Å². The van der Waals surface area contributed by atoms with Gasteiger partial charge in [0.1, 0.15) is 0 Å². The van der Waals surface area contributed by atoms with Crippen molar-refractivity contribution in [2.24, 2.45) is 0 Å². The lowest BCUT2D eigenvalue weighted by Crippen LogP contribution is -1.97.